The molecule has 1 atom stereocenters. The van der Waals surface area contributed by atoms with E-state index in [1.807, 2.05) is 35.8 Å². The fourth-order valence-electron chi connectivity index (χ4n) is 4.63. The van der Waals surface area contributed by atoms with E-state index in [0.717, 1.165) is 62.4 Å². The summed E-state index contributed by atoms with van der Waals surface area (Å²) < 4.78 is 0. The Hall–Kier alpha value is -1.92. The fraction of sp³-hybridized carbons (Fsp3) is 0.652. The summed E-state index contributed by atoms with van der Waals surface area (Å²) in [4.78, 5) is 32.4. The van der Waals surface area contributed by atoms with Gasteiger partial charge in [-0.2, -0.15) is 0 Å². The van der Waals surface area contributed by atoms with Crippen molar-refractivity contribution in [1.29, 1.82) is 0 Å². The van der Waals surface area contributed by atoms with Crippen LogP contribution in [0.15, 0.2) is 18.2 Å². The number of likely N-dealkylation sites (N-methyl/N-ethyl adjacent to an activating group) is 1. The molecule has 1 aromatic carbocycles. The van der Waals surface area contributed by atoms with Gasteiger partial charge in [0, 0.05) is 57.3 Å². The molecule has 3 rings (SSSR count). The number of amides is 2. The van der Waals surface area contributed by atoms with Gasteiger partial charge in [0.2, 0.25) is 5.91 Å². The fourth-order valence-corrected chi connectivity index (χ4v) is 4.63. The Bertz CT molecular complexity index is 695. The van der Waals surface area contributed by atoms with Crippen molar-refractivity contribution in [2.75, 3.05) is 52.4 Å². The van der Waals surface area contributed by atoms with Crippen molar-refractivity contribution >= 4 is 11.8 Å². The van der Waals surface area contributed by atoms with Gasteiger partial charge >= 0.3 is 0 Å². The molecule has 2 heterocycles. The number of aryl methyl sites for hydroxylation is 2. The molecule has 1 aromatic rings. The topological polar surface area (TPSA) is 55.9 Å². The van der Waals surface area contributed by atoms with Crippen LogP contribution in [0.5, 0.6) is 0 Å². The van der Waals surface area contributed by atoms with E-state index in [1.165, 1.54) is 6.42 Å². The van der Waals surface area contributed by atoms with Gasteiger partial charge in [-0.25, -0.2) is 0 Å². The van der Waals surface area contributed by atoms with Gasteiger partial charge in [-0.15, -0.1) is 0 Å². The number of carbonyl (C=O) groups excluding carboxylic acids is 2. The number of benzene rings is 1. The Labute approximate surface area is 175 Å². The van der Waals surface area contributed by atoms with Gasteiger partial charge in [-0.1, -0.05) is 24.1 Å². The molecule has 0 unspecified atom stereocenters. The van der Waals surface area contributed by atoms with Crippen molar-refractivity contribution in [3.8, 4) is 0 Å². The Morgan fingerprint density at radius 3 is 2.45 bits per heavy atom. The van der Waals surface area contributed by atoms with E-state index in [0.29, 0.717) is 25.6 Å². The first-order chi connectivity index (χ1) is 14.0. The molecule has 2 fully saturated rings. The molecule has 2 aliphatic rings. The van der Waals surface area contributed by atoms with Crippen molar-refractivity contribution in [2.24, 2.45) is 0 Å². The zero-order chi connectivity index (χ0) is 20.8. The van der Waals surface area contributed by atoms with Crippen LogP contribution in [-0.4, -0.2) is 84.9 Å². The molecule has 1 N–H and O–H groups in total. The second kappa shape index (κ2) is 10.2. The number of rotatable bonds is 7. The average molecular weight is 401 g/mol. The van der Waals surface area contributed by atoms with Gasteiger partial charge in [-0.05, 0) is 51.9 Å². The number of nitrogens with one attached hydrogen (secondary N) is 1. The standard InChI is InChI=1S/C23H36N4O2/c1-4-25-10-5-6-21(25)17-27(11-7-22(28)26-12-8-24-9-13-26)23(29)20-15-18(2)14-19(3)16-20/h14-16,21,24H,4-13,17H2,1-3H3/t21-/m1/s1. The van der Waals surface area contributed by atoms with E-state index in [-0.39, 0.29) is 11.8 Å². The van der Waals surface area contributed by atoms with Crippen molar-refractivity contribution in [3.05, 3.63) is 34.9 Å². The van der Waals surface area contributed by atoms with Crippen molar-refractivity contribution < 1.29 is 9.59 Å². The van der Waals surface area contributed by atoms with Gasteiger partial charge in [-0.3, -0.25) is 14.5 Å². The van der Waals surface area contributed by atoms with Crippen LogP contribution in [0.25, 0.3) is 0 Å². The summed E-state index contributed by atoms with van der Waals surface area (Å²) >= 11 is 0. The minimum absolute atomic E-state index is 0.0489. The third kappa shape index (κ3) is 5.80. The second-order valence-corrected chi connectivity index (χ2v) is 8.43. The number of piperazine rings is 1. The lowest BCUT2D eigenvalue weighted by atomic mass is 10.1. The average Bonchev–Trinajstić information content (AvgIpc) is 3.17. The highest BCUT2D eigenvalue weighted by Gasteiger charge is 2.28. The number of hydrogen-bond donors (Lipinski definition) is 1. The zero-order valence-corrected chi connectivity index (χ0v) is 18.2. The molecule has 0 saturated carbocycles. The maximum Gasteiger partial charge on any atom is 0.253 e. The van der Waals surface area contributed by atoms with E-state index in [2.05, 4.69) is 23.2 Å². The van der Waals surface area contributed by atoms with Gasteiger partial charge in [0.05, 0.1) is 0 Å². The van der Waals surface area contributed by atoms with Crippen molar-refractivity contribution in [2.45, 2.75) is 46.1 Å². The highest BCUT2D eigenvalue weighted by molar-refractivity contribution is 5.95. The largest absolute Gasteiger partial charge is 0.340 e. The summed E-state index contributed by atoms with van der Waals surface area (Å²) in [5.74, 6) is 0.205. The molecule has 2 saturated heterocycles. The summed E-state index contributed by atoms with van der Waals surface area (Å²) in [6, 6.07) is 6.41. The van der Waals surface area contributed by atoms with Crippen LogP contribution < -0.4 is 5.32 Å². The third-order valence-electron chi connectivity index (χ3n) is 6.16. The van der Waals surface area contributed by atoms with Gasteiger partial charge in [0.25, 0.3) is 5.91 Å². The number of hydrogen-bond acceptors (Lipinski definition) is 4. The summed E-state index contributed by atoms with van der Waals surface area (Å²) in [6.45, 7) is 12.8. The van der Waals surface area contributed by atoms with Gasteiger partial charge in [0.1, 0.15) is 0 Å². The summed E-state index contributed by atoms with van der Waals surface area (Å²) in [5, 5.41) is 3.28. The number of carbonyl (C=O) groups is 2. The first-order valence-corrected chi connectivity index (χ1v) is 11.1. The normalized spacial score (nSPS) is 20.1. The third-order valence-corrected chi connectivity index (χ3v) is 6.16. The van der Waals surface area contributed by atoms with Crippen LogP contribution in [0.3, 0.4) is 0 Å². The lowest BCUT2D eigenvalue weighted by molar-refractivity contribution is -0.132. The minimum Gasteiger partial charge on any atom is -0.340 e. The molecule has 2 amide bonds. The van der Waals surface area contributed by atoms with Crippen LogP contribution in [0.1, 0.15) is 47.7 Å². The zero-order valence-electron chi connectivity index (χ0n) is 18.2. The van der Waals surface area contributed by atoms with Crippen LogP contribution >= 0.6 is 0 Å². The first kappa shape index (κ1) is 21.8. The Morgan fingerprint density at radius 2 is 1.79 bits per heavy atom. The lowest BCUT2D eigenvalue weighted by Crippen LogP contribution is -2.48. The second-order valence-electron chi connectivity index (χ2n) is 8.43. The molecular weight excluding hydrogens is 364 g/mol. The summed E-state index contributed by atoms with van der Waals surface area (Å²) in [7, 11) is 0. The maximum atomic E-state index is 13.4. The predicted molar refractivity (Wildman–Crippen MR) is 116 cm³/mol. The van der Waals surface area contributed by atoms with Crippen molar-refractivity contribution in [1.82, 2.24) is 20.0 Å². The van der Waals surface area contributed by atoms with Gasteiger partial charge < -0.3 is 15.1 Å². The monoisotopic (exact) mass is 400 g/mol. The maximum absolute atomic E-state index is 13.4. The summed E-state index contributed by atoms with van der Waals surface area (Å²) in [6.07, 6.45) is 2.70. The Balaban J connectivity index is 1.71. The molecule has 160 valence electrons. The molecule has 2 aliphatic heterocycles. The molecule has 0 aliphatic carbocycles. The molecule has 0 radical (unpaired) electrons. The molecule has 29 heavy (non-hydrogen) atoms. The number of nitrogens with zero attached hydrogens (tertiary/aromatic N) is 3. The van der Waals surface area contributed by atoms with E-state index >= 15 is 0 Å². The van der Waals surface area contributed by atoms with E-state index in [4.69, 9.17) is 0 Å². The minimum atomic E-state index is 0.0489. The summed E-state index contributed by atoms with van der Waals surface area (Å²) in [5.41, 5.74) is 2.93. The SMILES string of the molecule is CCN1CCC[C@@H]1CN(CCC(=O)N1CCNCC1)C(=O)c1cc(C)cc(C)c1. The molecule has 6 heteroatoms. The Morgan fingerprint density at radius 1 is 1.10 bits per heavy atom. The first-order valence-electron chi connectivity index (χ1n) is 11.1. The molecule has 0 spiro atoms. The van der Waals surface area contributed by atoms with Crippen LogP contribution in [0.4, 0.5) is 0 Å². The predicted octanol–water partition coefficient (Wildman–Crippen LogP) is 2.05. The molecule has 0 bridgehead atoms. The smallest absolute Gasteiger partial charge is 0.253 e. The quantitative estimate of drug-likeness (QED) is 0.761. The molecule has 6 nitrogen and oxygen atoms in total. The van der Waals surface area contributed by atoms with Crippen LogP contribution in [0, 0.1) is 13.8 Å². The van der Waals surface area contributed by atoms with Crippen LogP contribution in [-0.2, 0) is 4.79 Å². The number of likely N-dealkylation sites (tertiary alicyclic amines) is 1. The molecular formula is C23H36N4O2. The van der Waals surface area contributed by atoms with Crippen molar-refractivity contribution in [3.63, 3.8) is 0 Å². The van der Waals surface area contributed by atoms with Gasteiger partial charge in [0.15, 0.2) is 0 Å². The van der Waals surface area contributed by atoms with E-state index in [1.54, 1.807) is 0 Å². The highest BCUT2D eigenvalue weighted by Crippen LogP contribution is 2.20. The van der Waals surface area contributed by atoms with E-state index in [9.17, 15) is 9.59 Å². The Kier molecular flexibility index (Phi) is 7.67. The van der Waals surface area contributed by atoms with E-state index < -0.39 is 0 Å². The lowest BCUT2D eigenvalue weighted by Gasteiger charge is -2.32. The molecule has 0 aromatic heterocycles. The van der Waals surface area contributed by atoms with Crippen LogP contribution in [0.2, 0.25) is 0 Å². The highest BCUT2D eigenvalue weighted by atomic mass is 16.2.